The van der Waals surface area contributed by atoms with Crippen LogP contribution in [0.15, 0.2) is 0 Å². The van der Waals surface area contributed by atoms with E-state index in [4.69, 9.17) is 0 Å². The van der Waals surface area contributed by atoms with Crippen LogP contribution in [0.3, 0.4) is 0 Å². The second kappa shape index (κ2) is 1.78. The van der Waals surface area contributed by atoms with Crippen LogP contribution in [0.5, 0.6) is 0 Å². The molecule has 7 saturated heterocycles. The van der Waals surface area contributed by atoms with Crippen molar-refractivity contribution < 1.29 is 19.8 Å². The average Bonchev–Trinajstić information content (AvgIpc) is 2.95. The molecule has 0 aromatic carbocycles. The molecule has 0 saturated carbocycles. The molecule has 0 aromatic heterocycles. The molecule has 7 rings (SSSR count). The van der Waals surface area contributed by atoms with Crippen LogP contribution in [-0.2, 0) is 9.59 Å². The first-order valence-electron chi connectivity index (χ1n) is 7.09. The van der Waals surface area contributed by atoms with Crippen molar-refractivity contribution in [1.29, 1.82) is 0 Å². The molecule has 14 heteroatoms. The van der Waals surface area contributed by atoms with E-state index >= 15 is 0 Å². The zero-order valence-electron chi connectivity index (χ0n) is 9.48. The lowest BCUT2D eigenvalue weighted by molar-refractivity contribution is -0.143. The normalized spacial score (nSPS) is 43.8. The van der Waals surface area contributed by atoms with Crippen molar-refractivity contribution in [2.45, 2.75) is 10.4 Å². The monoisotopic (exact) mass is 224 g/mol. The Bertz CT molecular complexity index is 635. The summed E-state index contributed by atoms with van der Waals surface area (Å²) in [5.41, 5.74) is 0. The lowest BCUT2D eigenvalue weighted by Crippen LogP contribution is -2.98. The summed E-state index contributed by atoms with van der Waals surface area (Å²) < 4.78 is 0. The van der Waals surface area contributed by atoms with Gasteiger partial charge in [-0.2, -0.15) is 0 Å². The van der Waals surface area contributed by atoms with E-state index in [2.05, 4.69) is 0 Å². The molecule has 0 spiro atoms. The van der Waals surface area contributed by atoms with Gasteiger partial charge in [0.25, 0.3) is 11.9 Å². The Labute approximate surface area is 107 Å². The summed E-state index contributed by atoms with van der Waals surface area (Å²) in [6.07, 6.45) is 4.71. The molecule has 7 fully saturated rings. The first-order chi connectivity index (χ1) is 8.62. The van der Waals surface area contributed by atoms with E-state index in [0.717, 1.165) is 19.2 Å². The van der Waals surface area contributed by atoms with Crippen LogP contribution in [0.4, 0.5) is 0 Å². The summed E-state index contributed by atoms with van der Waals surface area (Å²) in [7, 11) is 0. The smallest absolute Gasteiger partial charge is 0.292 e. The van der Waals surface area contributed by atoms with Crippen LogP contribution in [-0.4, -0.2) is 86.4 Å². The van der Waals surface area contributed by atoms with E-state index in [1.54, 1.807) is 0 Å². The zero-order chi connectivity index (χ0) is 11.9. The van der Waals surface area contributed by atoms with Crippen molar-refractivity contribution in [3.63, 3.8) is 0 Å². The minimum atomic E-state index is -0.821. The van der Waals surface area contributed by atoms with Crippen molar-refractivity contribution in [3.8, 4) is 0 Å². The van der Waals surface area contributed by atoms with Gasteiger partial charge in [-0.3, -0.25) is 9.59 Å². The van der Waals surface area contributed by atoms with Gasteiger partial charge in [-0.15, -0.1) is 0 Å². The summed E-state index contributed by atoms with van der Waals surface area (Å²) in [6, 6.07) is 0. The van der Waals surface area contributed by atoms with Crippen LogP contribution in [0, 0.1) is 0 Å². The largest absolute Gasteiger partial charge is 0.482 e. The van der Waals surface area contributed by atoms with Gasteiger partial charge < -0.3 is 10.2 Å². The molecule has 7 heterocycles. The zero-order valence-corrected chi connectivity index (χ0v) is 9.48. The Morgan fingerprint density at radius 3 is 1.56 bits per heavy atom. The van der Waals surface area contributed by atoms with E-state index < -0.39 is 22.4 Å². The second-order valence-electron chi connectivity index (χ2n) is 7.92. The van der Waals surface area contributed by atoms with Crippen molar-refractivity contribution in [1.82, 2.24) is 0 Å². The fraction of sp³-hybridized carbons (Fsp3) is 0.500. The van der Waals surface area contributed by atoms with Gasteiger partial charge in [-0.05, 0) is 0 Å². The first kappa shape index (κ1) is 8.70. The predicted octanol–water partition coefficient (Wildman–Crippen LogP) is -4.22. The van der Waals surface area contributed by atoms with Gasteiger partial charge in [0, 0.05) is 55.1 Å². The highest BCUT2D eigenvalue weighted by Gasteiger charge is 3.13. The topological polar surface area (TPSA) is 74.6 Å². The molecule has 72 valence electrons. The maximum atomic E-state index is 11.9. The number of carboxylic acid groups (broad SMARTS) is 2. The standard InChI is InChI=1S/C4H2B10O4/c15-1(16)3-4(2(17)18)5(3)8-6(3)10-13-11-7(4)9(8)12(11)14(10)13/h(H,15,16)(H,17,18). The number of hydrogen-bond donors (Lipinski definition) is 2. The number of aliphatic carboxylic acids is 2. The molecule has 2 atom stereocenters. The number of rotatable bonds is 2. The van der Waals surface area contributed by atoms with E-state index in [0.29, 0.717) is 25.5 Å². The van der Waals surface area contributed by atoms with Gasteiger partial charge in [-0.1, -0.05) is 0 Å². The summed E-state index contributed by atoms with van der Waals surface area (Å²) in [5, 5.41) is 17.8. The number of carbonyl (C=O) groups is 2. The molecule has 2 N–H and O–H groups in total. The second-order valence-corrected chi connectivity index (χ2v) is 7.92. The van der Waals surface area contributed by atoms with E-state index in [1.165, 1.54) is 0 Å². The molecule has 7 aliphatic rings. The van der Waals surface area contributed by atoms with Gasteiger partial charge >= 0.3 is 0 Å². The minimum Gasteiger partial charge on any atom is -0.482 e. The highest BCUT2D eigenvalue weighted by atomic mass is 16.4. The average molecular weight is 222 g/mol. The fourth-order valence-corrected chi connectivity index (χ4v) is 9.15. The SMILES string of the molecule is O=C(O)C12B3B4B5B6B4B6B4B(B53)B1C42C(=O)O. The quantitative estimate of drug-likeness (QED) is 0.464. The molecule has 2 unspecified atom stereocenters. The Morgan fingerprint density at radius 2 is 1.06 bits per heavy atom. The van der Waals surface area contributed by atoms with Gasteiger partial charge in [0.15, 0.2) is 0 Å². The summed E-state index contributed by atoms with van der Waals surface area (Å²) >= 11 is 0. The third-order valence-electron chi connectivity index (χ3n) is 8.80. The van der Waals surface area contributed by atoms with Crippen molar-refractivity contribution in [3.05, 3.63) is 0 Å². The maximum absolute atomic E-state index is 11.9. The predicted molar refractivity (Wildman–Crippen MR) is 78.2 cm³/mol. The van der Waals surface area contributed by atoms with Gasteiger partial charge in [0.1, 0.15) is 6.60 Å². The number of carboxylic acids is 2. The van der Waals surface area contributed by atoms with Crippen LogP contribution >= 0.6 is 0 Å². The van der Waals surface area contributed by atoms with Crippen molar-refractivity contribution in [2.75, 3.05) is 0 Å². The lowest BCUT2D eigenvalue weighted by Gasteiger charge is -2.63. The molecule has 0 bridgehead atoms. The molecule has 7 aliphatic heterocycles. The third kappa shape index (κ3) is 0.387. The lowest BCUT2D eigenvalue weighted by atomic mass is 8.24. The maximum Gasteiger partial charge on any atom is 0.292 e. The van der Waals surface area contributed by atoms with Crippen molar-refractivity contribution >= 4 is 76.2 Å². The summed E-state index contributed by atoms with van der Waals surface area (Å²) in [5.74, 6) is -1.57. The third-order valence-corrected chi connectivity index (χ3v) is 8.80. The number of fused-ring (bicyclic) bond motifs is 7. The van der Waals surface area contributed by atoms with Crippen LogP contribution < -0.4 is 0 Å². The molecular formula is C4H2B10O4. The Balaban J connectivity index is 1.59. The highest BCUT2D eigenvalue weighted by Crippen LogP contribution is 2.92. The molecule has 0 radical (unpaired) electrons. The Hall–Kier alpha value is -0.411. The first-order valence-corrected chi connectivity index (χ1v) is 7.09. The van der Waals surface area contributed by atoms with Crippen LogP contribution in [0.2, 0.25) is 10.4 Å². The van der Waals surface area contributed by atoms with Crippen LogP contribution in [0.1, 0.15) is 0 Å². The summed E-state index contributed by atoms with van der Waals surface area (Å²) in [4.78, 5) is 23.7. The summed E-state index contributed by atoms with van der Waals surface area (Å²) in [6.45, 7) is 0.502. The Morgan fingerprint density at radius 1 is 0.667 bits per heavy atom. The van der Waals surface area contributed by atoms with Gasteiger partial charge in [0.05, 0.1) is 13.0 Å². The highest BCUT2D eigenvalue weighted by molar-refractivity contribution is 8.61. The molecule has 0 amide bonds. The van der Waals surface area contributed by atoms with Crippen LogP contribution in [0.25, 0.3) is 0 Å². The molecular weight excluding hydrogens is 220 g/mol. The van der Waals surface area contributed by atoms with Crippen molar-refractivity contribution in [2.24, 2.45) is 0 Å². The van der Waals surface area contributed by atoms with Gasteiger partial charge in [0.2, 0.25) is 0 Å². The molecule has 18 heavy (non-hydrogen) atoms. The fourth-order valence-electron chi connectivity index (χ4n) is 9.15. The molecule has 0 aliphatic carbocycles. The van der Waals surface area contributed by atoms with E-state index in [1.807, 2.05) is 0 Å². The Kier molecular flexibility index (Phi) is 0.860. The van der Waals surface area contributed by atoms with E-state index in [9.17, 15) is 19.8 Å². The molecule has 4 nitrogen and oxygen atoms in total. The number of hydrogen-bond acceptors (Lipinski definition) is 2. The minimum absolute atomic E-state index is 0.00926. The van der Waals surface area contributed by atoms with E-state index in [-0.39, 0.29) is 19.6 Å². The van der Waals surface area contributed by atoms with Gasteiger partial charge in [-0.25, -0.2) is 0 Å². The molecule has 0 aromatic rings.